The van der Waals surface area contributed by atoms with Gasteiger partial charge in [0.1, 0.15) is 0 Å². The Hall–Kier alpha value is -0.870. The topological polar surface area (TPSA) is 44.5 Å². The van der Waals surface area contributed by atoms with Crippen molar-refractivity contribution in [2.45, 2.75) is 28.9 Å². The van der Waals surface area contributed by atoms with Gasteiger partial charge in [-0.25, -0.2) is 0 Å². The average molecular weight is 253 g/mol. The number of thioether (sulfide) groups is 1. The highest BCUT2D eigenvalue weighted by Gasteiger charge is 2.36. The molecule has 0 radical (unpaired) electrons. The van der Waals surface area contributed by atoms with Crippen molar-refractivity contribution in [2.75, 3.05) is 20.8 Å². The molecule has 2 rings (SSSR count). The van der Waals surface area contributed by atoms with Crippen LogP contribution >= 0.6 is 11.8 Å². The standard InChI is InChI=1S/C13H19NO2S/c1-15-11-5-4-10(8-12(11)16-2)17-13(9-14)6-3-7-13/h4-5,8H,3,6-7,9,14H2,1-2H3. The minimum absolute atomic E-state index is 0.250. The van der Waals surface area contributed by atoms with Crippen molar-refractivity contribution < 1.29 is 9.47 Å². The smallest absolute Gasteiger partial charge is 0.161 e. The molecule has 17 heavy (non-hydrogen) atoms. The van der Waals surface area contributed by atoms with Crippen molar-refractivity contribution in [3.8, 4) is 11.5 Å². The summed E-state index contributed by atoms with van der Waals surface area (Å²) in [5.41, 5.74) is 5.87. The van der Waals surface area contributed by atoms with E-state index in [9.17, 15) is 0 Å². The molecular weight excluding hydrogens is 234 g/mol. The number of rotatable bonds is 5. The molecule has 1 aromatic rings. The van der Waals surface area contributed by atoms with Crippen molar-refractivity contribution in [1.82, 2.24) is 0 Å². The van der Waals surface area contributed by atoms with Gasteiger partial charge in [-0.2, -0.15) is 0 Å². The van der Waals surface area contributed by atoms with Crippen LogP contribution in [-0.4, -0.2) is 25.5 Å². The van der Waals surface area contributed by atoms with Gasteiger partial charge in [-0.3, -0.25) is 0 Å². The first-order valence-electron chi connectivity index (χ1n) is 5.84. The molecule has 3 nitrogen and oxygen atoms in total. The summed E-state index contributed by atoms with van der Waals surface area (Å²) in [6.07, 6.45) is 3.71. The molecule has 2 N–H and O–H groups in total. The number of methoxy groups -OCH3 is 2. The van der Waals surface area contributed by atoms with Crippen LogP contribution in [0.2, 0.25) is 0 Å². The second-order valence-corrected chi connectivity index (χ2v) is 5.90. The molecule has 0 aliphatic heterocycles. The molecule has 0 bridgehead atoms. The molecule has 0 atom stereocenters. The van der Waals surface area contributed by atoms with Crippen LogP contribution in [0.25, 0.3) is 0 Å². The summed E-state index contributed by atoms with van der Waals surface area (Å²) < 4.78 is 10.8. The summed E-state index contributed by atoms with van der Waals surface area (Å²) in [6, 6.07) is 6.05. The number of nitrogens with two attached hydrogens (primary N) is 1. The monoisotopic (exact) mass is 253 g/mol. The Labute approximate surface area is 107 Å². The van der Waals surface area contributed by atoms with Gasteiger partial charge < -0.3 is 15.2 Å². The first kappa shape index (κ1) is 12.6. The second kappa shape index (κ2) is 5.19. The van der Waals surface area contributed by atoms with Crippen molar-refractivity contribution in [2.24, 2.45) is 5.73 Å². The Morgan fingerprint density at radius 2 is 1.94 bits per heavy atom. The summed E-state index contributed by atoms with van der Waals surface area (Å²) in [5, 5.41) is 0. The third-order valence-corrected chi connectivity index (χ3v) is 4.82. The van der Waals surface area contributed by atoms with Gasteiger partial charge in [0.05, 0.1) is 14.2 Å². The molecule has 4 heteroatoms. The maximum atomic E-state index is 5.87. The molecule has 1 aliphatic rings. The molecule has 0 amide bonds. The first-order chi connectivity index (χ1) is 8.23. The first-order valence-corrected chi connectivity index (χ1v) is 6.66. The van der Waals surface area contributed by atoms with Crippen LogP contribution in [0.4, 0.5) is 0 Å². The van der Waals surface area contributed by atoms with Gasteiger partial charge in [0.25, 0.3) is 0 Å². The van der Waals surface area contributed by atoms with E-state index in [1.54, 1.807) is 14.2 Å². The summed E-state index contributed by atoms with van der Waals surface area (Å²) in [5.74, 6) is 1.55. The molecule has 1 aromatic carbocycles. The molecule has 0 unspecified atom stereocenters. The molecule has 0 heterocycles. The Kier molecular flexibility index (Phi) is 3.84. The summed E-state index contributed by atoms with van der Waals surface area (Å²) in [6.45, 7) is 0.742. The Morgan fingerprint density at radius 1 is 1.24 bits per heavy atom. The van der Waals surface area contributed by atoms with Crippen LogP contribution in [-0.2, 0) is 0 Å². The van der Waals surface area contributed by atoms with Crippen molar-refractivity contribution in [1.29, 1.82) is 0 Å². The van der Waals surface area contributed by atoms with Gasteiger partial charge in [-0.1, -0.05) is 6.42 Å². The van der Waals surface area contributed by atoms with Crippen molar-refractivity contribution in [3.63, 3.8) is 0 Å². The van der Waals surface area contributed by atoms with Gasteiger partial charge in [-0.05, 0) is 31.0 Å². The fraction of sp³-hybridized carbons (Fsp3) is 0.538. The third kappa shape index (κ3) is 2.53. The van der Waals surface area contributed by atoms with Crippen LogP contribution in [0.1, 0.15) is 19.3 Å². The predicted molar refractivity (Wildman–Crippen MR) is 71.0 cm³/mol. The second-order valence-electron chi connectivity index (χ2n) is 4.36. The zero-order valence-electron chi connectivity index (χ0n) is 10.4. The minimum atomic E-state index is 0.250. The van der Waals surface area contributed by atoms with Crippen molar-refractivity contribution >= 4 is 11.8 Å². The van der Waals surface area contributed by atoms with Gasteiger partial charge in [0.15, 0.2) is 11.5 Å². The molecule has 0 aromatic heterocycles. The number of ether oxygens (including phenoxy) is 2. The summed E-state index contributed by atoms with van der Waals surface area (Å²) in [4.78, 5) is 1.20. The average Bonchev–Trinajstić information content (AvgIpc) is 2.33. The lowest BCUT2D eigenvalue weighted by atomic mass is 9.84. The fourth-order valence-corrected chi connectivity index (χ4v) is 3.43. The van der Waals surface area contributed by atoms with Gasteiger partial charge in [0, 0.05) is 16.2 Å². The van der Waals surface area contributed by atoms with Crippen LogP contribution in [0, 0.1) is 0 Å². The maximum absolute atomic E-state index is 5.87. The zero-order chi connectivity index (χ0) is 12.3. The van der Waals surface area contributed by atoms with E-state index in [0.29, 0.717) is 0 Å². The molecular formula is C13H19NO2S. The third-order valence-electron chi connectivity index (χ3n) is 3.33. The molecule has 0 spiro atoms. The Bertz CT molecular complexity index is 385. The lowest BCUT2D eigenvalue weighted by molar-refractivity contribution is 0.353. The number of hydrogen-bond acceptors (Lipinski definition) is 4. The zero-order valence-corrected chi connectivity index (χ0v) is 11.2. The lowest BCUT2D eigenvalue weighted by Gasteiger charge is -2.40. The fourth-order valence-electron chi connectivity index (χ4n) is 2.05. The van der Waals surface area contributed by atoms with Crippen LogP contribution in [0.5, 0.6) is 11.5 Å². The largest absolute Gasteiger partial charge is 0.493 e. The van der Waals surface area contributed by atoms with E-state index in [0.717, 1.165) is 18.0 Å². The van der Waals surface area contributed by atoms with E-state index >= 15 is 0 Å². The van der Waals surface area contributed by atoms with Crippen molar-refractivity contribution in [3.05, 3.63) is 18.2 Å². The Balaban J connectivity index is 2.16. The highest BCUT2D eigenvalue weighted by atomic mass is 32.2. The minimum Gasteiger partial charge on any atom is -0.493 e. The molecule has 1 aliphatic carbocycles. The molecule has 1 saturated carbocycles. The van der Waals surface area contributed by atoms with Gasteiger partial charge in [-0.15, -0.1) is 11.8 Å². The van der Waals surface area contributed by atoms with E-state index < -0.39 is 0 Å². The molecule has 1 fully saturated rings. The van der Waals surface area contributed by atoms with Crippen LogP contribution in [0.3, 0.4) is 0 Å². The summed E-state index contributed by atoms with van der Waals surface area (Å²) >= 11 is 1.87. The Morgan fingerprint density at radius 3 is 2.41 bits per heavy atom. The maximum Gasteiger partial charge on any atom is 0.161 e. The van der Waals surface area contributed by atoms with E-state index in [1.807, 2.05) is 23.9 Å². The van der Waals surface area contributed by atoms with Crippen LogP contribution < -0.4 is 15.2 Å². The lowest BCUT2D eigenvalue weighted by Crippen LogP contribution is -2.40. The van der Waals surface area contributed by atoms with E-state index in [1.165, 1.54) is 24.2 Å². The SMILES string of the molecule is COc1ccc(SC2(CN)CCC2)cc1OC. The van der Waals surface area contributed by atoms with Gasteiger partial charge in [0.2, 0.25) is 0 Å². The molecule has 94 valence electrons. The predicted octanol–water partition coefficient (Wildman–Crippen LogP) is 2.68. The highest BCUT2D eigenvalue weighted by Crippen LogP contribution is 2.48. The number of hydrogen-bond donors (Lipinski definition) is 1. The van der Waals surface area contributed by atoms with Crippen LogP contribution in [0.15, 0.2) is 23.1 Å². The number of benzene rings is 1. The normalized spacial score (nSPS) is 17.4. The van der Waals surface area contributed by atoms with E-state index in [-0.39, 0.29) is 4.75 Å². The molecule has 0 saturated heterocycles. The quantitative estimate of drug-likeness (QED) is 0.876. The van der Waals surface area contributed by atoms with Gasteiger partial charge >= 0.3 is 0 Å². The highest BCUT2D eigenvalue weighted by molar-refractivity contribution is 8.00. The van der Waals surface area contributed by atoms with E-state index in [2.05, 4.69) is 6.07 Å². The van der Waals surface area contributed by atoms with E-state index in [4.69, 9.17) is 15.2 Å². The summed E-state index contributed by atoms with van der Waals surface area (Å²) in [7, 11) is 3.31.